The molecule has 0 spiro atoms. The molecule has 4 nitrogen and oxygen atoms in total. The van der Waals surface area contributed by atoms with Gasteiger partial charge in [0.2, 0.25) is 0 Å². The van der Waals surface area contributed by atoms with Crippen LogP contribution in [0.1, 0.15) is 28.8 Å². The molecule has 0 bridgehead atoms. The van der Waals surface area contributed by atoms with Crippen molar-refractivity contribution in [2.45, 2.75) is 19.4 Å². The number of hydrogen-bond acceptors (Lipinski definition) is 3. The predicted octanol–water partition coefficient (Wildman–Crippen LogP) is 3.57. The molecule has 0 radical (unpaired) electrons. The zero-order valence-electron chi connectivity index (χ0n) is 15.4. The van der Waals surface area contributed by atoms with E-state index in [1.165, 1.54) is 6.07 Å². The fraction of sp³-hybridized carbons (Fsp3) is 0.409. The lowest BCUT2D eigenvalue weighted by molar-refractivity contribution is 0.0708. The molecule has 2 aromatic rings. The lowest BCUT2D eigenvalue weighted by Crippen LogP contribution is -2.40. The zero-order valence-corrected chi connectivity index (χ0v) is 15.4. The van der Waals surface area contributed by atoms with E-state index in [-0.39, 0.29) is 11.7 Å². The lowest BCUT2D eigenvalue weighted by Gasteiger charge is -2.33. The van der Waals surface area contributed by atoms with Crippen LogP contribution in [0.25, 0.3) is 0 Å². The first kappa shape index (κ1) is 18.0. The fourth-order valence-electron chi connectivity index (χ4n) is 4.01. The third-order valence-electron chi connectivity index (χ3n) is 5.58. The first-order valence-corrected chi connectivity index (χ1v) is 9.67. The van der Waals surface area contributed by atoms with Crippen LogP contribution >= 0.6 is 0 Å². The Labute approximate surface area is 159 Å². The Bertz CT molecular complexity index is 802. The first-order valence-electron chi connectivity index (χ1n) is 9.67. The van der Waals surface area contributed by atoms with Crippen molar-refractivity contribution in [2.24, 2.45) is 5.92 Å². The maximum Gasteiger partial charge on any atom is 0.254 e. The number of halogens is 1. The Morgan fingerprint density at radius 3 is 2.56 bits per heavy atom. The van der Waals surface area contributed by atoms with Gasteiger partial charge in [0.1, 0.15) is 6.61 Å². The van der Waals surface area contributed by atoms with E-state index in [0.717, 1.165) is 56.7 Å². The lowest BCUT2D eigenvalue weighted by atomic mass is 9.96. The van der Waals surface area contributed by atoms with Crippen LogP contribution in [0.4, 0.5) is 4.39 Å². The number of rotatable bonds is 6. The van der Waals surface area contributed by atoms with Crippen LogP contribution < -0.4 is 4.74 Å². The van der Waals surface area contributed by atoms with Crippen molar-refractivity contribution >= 4 is 5.91 Å². The van der Waals surface area contributed by atoms with Gasteiger partial charge in [0.15, 0.2) is 11.6 Å². The highest BCUT2D eigenvalue weighted by atomic mass is 19.1. The molecule has 0 atom stereocenters. The normalized spacial score (nSPS) is 18.0. The van der Waals surface area contributed by atoms with E-state index >= 15 is 0 Å². The van der Waals surface area contributed by atoms with Crippen LogP contribution in [0.15, 0.2) is 48.5 Å². The van der Waals surface area contributed by atoms with Gasteiger partial charge in [0.05, 0.1) is 0 Å². The summed E-state index contributed by atoms with van der Waals surface area (Å²) in [5.74, 6) is 0.727. The van der Waals surface area contributed by atoms with Crippen molar-refractivity contribution in [1.82, 2.24) is 9.80 Å². The minimum atomic E-state index is -0.313. The summed E-state index contributed by atoms with van der Waals surface area (Å²) in [6.45, 7) is 4.87. The molecule has 0 saturated carbocycles. The quantitative estimate of drug-likeness (QED) is 0.781. The van der Waals surface area contributed by atoms with E-state index in [1.807, 2.05) is 29.2 Å². The number of hydrogen-bond donors (Lipinski definition) is 0. The van der Waals surface area contributed by atoms with E-state index < -0.39 is 0 Å². The van der Waals surface area contributed by atoms with Gasteiger partial charge in [-0.1, -0.05) is 30.3 Å². The summed E-state index contributed by atoms with van der Waals surface area (Å²) in [6, 6.07) is 14.4. The molecule has 5 heteroatoms. The second-order valence-corrected chi connectivity index (χ2v) is 7.41. The van der Waals surface area contributed by atoms with Crippen LogP contribution in [0, 0.1) is 11.7 Å². The van der Waals surface area contributed by atoms with Gasteiger partial charge in [-0.2, -0.15) is 0 Å². The molecule has 27 heavy (non-hydrogen) atoms. The third kappa shape index (κ3) is 4.14. The van der Waals surface area contributed by atoms with Crippen LogP contribution in [-0.4, -0.2) is 48.5 Å². The molecule has 0 N–H and O–H groups in total. The third-order valence-corrected chi connectivity index (χ3v) is 5.58. The molecule has 2 aliphatic heterocycles. The molecular formula is C22H25FN2O2. The van der Waals surface area contributed by atoms with Gasteiger partial charge < -0.3 is 9.64 Å². The van der Waals surface area contributed by atoms with Crippen molar-refractivity contribution < 1.29 is 13.9 Å². The molecule has 0 unspecified atom stereocenters. The summed E-state index contributed by atoms with van der Waals surface area (Å²) in [5, 5.41) is 0. The summed E-state index contributed by atoms with van der Waals surface area (Å²) < 4.78 is 19.1. The standard InChI is InChI=1S/C22H25FN2O2/c23-20-7-3-4-8-21(20)27-14-13-24-11-9-17(10-12-24)15-25-16-18-5-1-2-6-19(18)22(25)26/h1-8,17H,9-16H2. The molecule has 1 saturated heterocycles. The summed E-state index contributed by atoms with van der Waals surface area (Å²) >= 11 is 0. The number of likely N-dealkylation sites (tertiary alicyclic amines) is 1. The van der Waals surface area contributed by atoms with E-state index in [0.29, 0.717) is 18.3 Å². The van der Waals surface area contributed by atoms with Crippen LogP contribution in [0.2, 0.25) is 0 Å². The minimum absolute atomic E-state index is 0.173. The van der Waals surface area contributed by atoms with E-state index in [1.54, 1.807) is 18.2 Å². The van der Waals surface area contributed by atoms with E-state index in [4.69, 9.17) is 4.74 Å². The fourth-order valence-corrected chi connectivity index (χ4v) is 4.01. The number of piperidine rings is 1. The Hall–Kier alpha value is -2.40. The Morgan fingerprint density at radius 2 is 1.78 bits per heavy atom. The number of amides is 1. The maximum absolute atomic E-state index is 13.6. The summed E-state index contributed by atoms with van der Waals surface area (Å²) in [5.41, 5.74) is 2.01. The van der Waals surface area contributed by atoms with Gasteiger partial charge in [-0.15, -0.1) is 0 Å². The van der Waals surface area contributed by atoms with Crippen LogP contribution in [0.5, 0.6) is 5.75 Å². The number of benzene rings is 2. The molecule has 1 amide bonds. The molecule has 0 aromatic heterocycles. The highest BCUT2D eigenvalue weighted by Crippen LogP contribution is 2.26. The van der Waals surface area contributed by atoms with Crippen LogP contribution in [0.3, 0.4) is 0 Å². The van der Waals surface area contributed by atoms with Crippen molar-refractivity contribution in [3.05, 3.63) is 65.5 Å². The average Bonchev–Trinajstić information content (AvgIpc) is 3.01. The second-order valence-electron chi connectivity index (χ2n) is 7.41. The SMILES string of the molecule is O=C1c2ccccc2CN1CC1CCN(CCOc2ccccc2F)CC1. The molecule has 2 heterocycles. The number of fused-ring (bicyclic) bond motifs is 1. The molecule has 142 valence electrons. The topological polar surface area (TPSA) is 32.8 Å². The Morgan fingerprint density at radius 1 is 1.04 bits per heavy atom. The largest absolute Gasteiger partial charge is 0.489 e. The van der Waals surface area contributed by atoms with Crippen molar-refractivity contribution in [1.29, 1.82) is 0 Å². The van der Waals surface area contributed by atoms with Gasteiger partial charge in [-0.25, -0.2) is 4.39 Å². The van der Waals surface area contributed by atoms with Crippen LogP contribution in [-0.2, 0) is 6.54 Å². The van der Waals surface area contributed by atoms with E-state index in [2.05, 4.69) is 4.90 Å². The molecule has 4 rings (SSSR count). The summed E-state index contributed by atoms with van der Waals surface area (Å²) in [7, 11) is 0. The highest BCUT2D eigenvalue weighted by Gasteiger charge is 2.30. The smallest absolute Gasteiger partial charge is 0.254 e. The second kappa shape index (κ2) is 8.09. The van der Waals surface area contributed by atoms with Crippen molar-refractivity contribution in [2.75, 3.05) is 32.8 Å². The van der Waals surface area contributed by atoms with E-state index in [9.17, 15) is 9.18 Å². The molecular weight excluding hydrogens is 343 g/mol. The predicted molar refractivity (Wildman–Crippen MR) is 102 cm³/mol. The molecule has 0 aliphatic carbocycles. The molecule has 2 aliphatic rings. The molecule has 2 aromatic carbocycles. The van der Waals surface area contributed by atoms with Gasteiger partial charge in [0.25, 0.3) is 5.91 Å². The minimum Gasteiger partial charge on any atom is -0.489 e. The number of para-hydroxylation sites is 1. The van der Waals surface area contributed by atoms with Crippen molar-refractivity contribution in [3.8, 4) is 5.75 Å². The highest BCUT2D eigenvalue weighted by molar-refractivity contribution is 5.98. The average molecular weight is 368 g/mol. The van der Waals surface area contributed by atoms with Gasteiger partial charge in [-0.3, -0.25) is 9.69 Å². The van der Waals surface area contributed by atoms with Gasteiger partial charge in [0, 0.05) is 25.2 Å². The number of carbonyl (C=O) groups is 1. The van der Waals surface area contributed by atoms with Gasteiger partial charge >= 0.3 is 0 Å². The Kier molecular flexibility index (Phi) is 5.39. The van der Waals surface area contributed by atoms with Crippen molar-refractivity contribution in [3.63, 3.8) is 0 Å². The summed E-state index contributed by atoms with van der Waals surface area (Å²) in [6.07, 6.45) is 2.17. The van der Waals surface area contributed by atoms with Gasteiger partial charge in [-0.05, 0) is 55.6 Å². The Balaban J connectivity index is 1.20. The number of carbonyl (C=O) groups excluding carboxylic acids is 1. The molecule has 1 fully saturated rings. The first-order chi connectivity index (χ1) is 13.2. The number of ether oxygens (including phenoxy) is 1. The number of nitrogens with zero attached hydrogens (tertiary/aromatic N) is 2. The summed E-state index contributed by atoms with van der Waals surface area (Å²) in [4.78, 5) is 16.9. The zero-order chi connectivity index (χ0) is 18.6. The maximum atomic E-state index is 13.6. The monoisotopic (exact) mass is 368 g/mol.